The number of amides is 1. The number of hydrogen-bond acceptors (Lipinski definition) is 4. The minimum atomic E-state index is -3.41. The topological polar surface area (TPSA) is 57.7 Å². The Bertz CT molecular complexity index is 743. The number of hydrogen-bond donors (Lipinski definition) is 0. The molecule has 1 aromatic carbocycles. The quantitative estimate of drug-likeness (QED) is 0.785. The summed E-state index contributed by atoms with van der Waals surface area (Å²) in [5.41, 5.74) is 2.12. The zero-order chi connectivity index (χ0) is 18.0. The molecule has 0 aromatic heterocycles. The maximum atomic E-state index is 12.8. The van der Waals surface area contributed by atoms with Gasteiger partial charge in [0, 0.05) is 26.2 Å². The molecule has 3 rings (SSSR count). The molecule has 0 bridgehead atoms. The average molecular weight is 383 g/mol. The number of sulfonamides is 1. The van der Waals surface area contributed by atoms with E-state index in [1.54, 1.807) is 28.2 Å². The van der Waals surface area contributed by atoms with Crippen molar-refractivity contribution in [3.63, 3.8) is 0 Å². The van der Waals surface area contributed by atoms with Crippen LogP contribution < -0.4 is 0 Å². The Balaban J connectivity index is 1.81. The van der Waals surface area contributed by atoms with Crippen LogP contribution in [0.4, 0.5) is 0 Å². The van der Waals surface area contributed by atoms with E-state index in [4.69, 9.17) is 0 Å². The van der Waals surface area contributed by atoms with Gasteiger partial charge < -0.3 is 4.90 Å². The Labute approximate surface area is 154 Å². The van der Waals surface area contributed by atoms with Gasteiger partial charge in [-0.2, -0.15) is 4.31 Å². The van der Waals surface area contributed by atoms with Crippen LogP contribution in [-0.2, 0) is 27.8 Å². The minimum Gasteiger partial charge on any atom is -0.337 e. The SMILES string of the molecule is CCS[C@H](C)C(=O)N1CCc2ccc(S(=O)(=O)N3CCCC3)cc2C1. The largest absolute Gasteiger partial charge is 0.337 e. The zero-order valence-corrected chi connectivity index (χ0v) is 16.5. The molecule has 7 heteroatoms. The van der Waals surface area contributed by atoms with E-state index in [1.807, 2.05) is 17.9 Å². The molecule has 5 nitrogen and oxygen atoms in total. The van der Waals surface area contributed by atoms with Crippen LogP contribution in [-0.4, -0.2) is 54.2 Å². The van der Waals surface area contributed by atoms with E-state index in [1.165, 1.54) is 0 Å². The van der Waals surface area contributed by atoms with E-state index in [0.717, 1.165) is 36.1 Å². The highest BCUT2D eigenvalue weighted by molar-refractivity contribution is 8.00. The third-order valence-electron chi connectivity index (χ3n) is 4.97. The number of rotatable bonds is 5. The third kappa shape index (κ3) is 3.88. The monoisotopic (exact) mass is 382 g/mol. The lowest BCUT2D eigenvalue weighted by atomic mass is 10.00. The van der Waals surface area contributed by atoms with E-state index in [0.29, 0.717) is 31.1 Å². The Morgan fingerprint density at radius 3 is 2.60 bits per heavy atom. The van der Waals surface area contributed by atoms with Crippen LogP contribution in [0.25, 0.3) is 0 Å². The molecule has 1 saturated heterocycles. The van der Waals surface area contributed by atoms with Gasteiger partial charge in [0.25, 0.3) is 0 Å². The van der Waals surface area contributed by atoms with Gasteiger partial charge in [-0.05, 0) is 55.2 Å². The summed E-state index contributed by atoms with van der Waals surface area (Å²) in [6, 6.07) is 5.42. The van der Waals surface area contributed by atoms with Gasteiger partial charge >= 0.3 is 0 Å². The van der Waals surface area contributed by atoms with Crippen molar-refractivity contribution in [3.8, 4) is 0 Å². The van der Waals surface area contributed by atoms with Crippen LogP contribution in [0, 0.1) is 0 Å². The van der Waals surface area contributed by atoms with Crippen LogP contribution in [0.3, 0.4) is 0 Å². The summed E-state index contributed by atoms with van der Waals surface area (Å²) >= 11 is 1.64. The first-order valence-electron chi connectivity index (χ1n) is 8.96. The van der Waals surface area contributed by atoms with Gasteiger partial charge in [0.2, 0.25) is 15.9 Å². The van der Waals surface area contributed by atoms with Gasteiger partial charge in [0.1, 0.15) is 0 Å². The summed E-state index contributed by atoms with van der Waals surface area (Å²) in [7, 11) is -3.41. The van der Waals surface area contributed by atoms with Gasteiger partial charge in [-0.1, -0.05) is 13.0 Å². The summed E-state index contributed by atoms with van der Waals surface area (Å²) in [5, 5.41) is -0.0527. The fourth-order valence-electron chi connectivity index (χ4n) is 3.54. The minimum absolute atomic E-state index is 0.0527. The van der Waals surface area contributed by atoms with E-state index in [-0.39, 0.29) is 11.2 Å². The lowest BCUT2D eigenvalue weighted by Crippen LogP contribution is -2.40. The summed E-state index contributed by atoms with van der Waals surface area (Å²) in [6.45, 7) is 6.42. The van der Waals surface area contributed by atoms with Crippen molar-refractivity contribution in [2.45, 2.75) is 49.8 Å². The first kappa shape index (κ1) is 18.7. The second-order valence-electron chi connectivity index (χ2n) is 6.65. The van der Waals surface area contributed by atoms with Crippen LogP contribution in [0.15, 0.2) is 23.1 Å². The molecule has 0 N–H and O–H groups in total. The van der Waals surface area contributed by atoms with Crippen molar-refractivity contribution in [1.82, 2.24) is 9.21 Å². The summed E-state index contributed by atoms with van der Waals surface area (Å²) in [4.78, 5) is 14.8. The van der Waals surface area contributed by atoms with Crippen molar-refractivity contribution >= 4 is 27.7 Å². The van der Waals surface area contributed by atoms with Gasteiger partial charge in [0.05, 0.1) is 10.1 Å². The normalized spacial score (nSPS) is 19.7. The van der Waals surface area contributed by atoms with Crippen molar-refractivity contribution in [1.29, 1.82) is 0 Å². The van der Waals surface area contributed by atoms with Gasteiger partial charge in [-0.25, -0.2) is 8.42 Å². The molecule has 1 aromatic rings. The number of thioether (sulfide) groups is 1. The predicted molar refractivity (Wildman–Crippen MR) is 101 cm³/mol. The van der Waals surface area contributed by atoms with Crippen LogP contribution in [0.1, 0.15) is 37.8 Å². The first-order chi connectivity index (χ1) is 11.9. The standard InChI is InChI=1S/C18H26N2O3S2/c1-3-24-14(2)18(21)19-11-8-15-6-7-17(12-16(15)13-19)25(22,23)20-9-4-5-10-20/h6-7,12,14H,3-5,8-11,13H2,1-2H3/t14-/m1/s1. The molecule has 0 saturated carbocycles. The lowest BCUT2D eigenvalue weighted by Gasteiger charge is -2.31. The second-order valence-corrected chi connectivity index (χ2v) is 10.2. The lowest BCUT2D eigenvalue weighted by molar-refractivity contribution is -0.131. The average Bonchev–Trinajstić information content (AvgIpc) is 3.15. The molecular formula is C18H26N2O3S2. The fraction of sp³-hybridized carbons (Fsp3) is 0.611. The molecule has 1 fully saturated rings. The first-order valence-corrected chi connectivity index (χ1v) is 11.4. The molecular weight excluding hydrogens is 356 g/mol. The molecule has 0 aliphatic carbocycles. The van der Waals surface area contributed by atoms with Gasteiger partial charge in [-0.3, -0.25) is 4.79 Å². The molecule has 0 radical (unpaired) electrons. The molecule has 2 aliphatic heterocycles. The van der Waals surface area contributed by atoms with Crippen molar-refractivity contribution < 1.29 is 13.2 Å². The molecule has 1 amide bonds. The number of nitrogens with zero attached hydrogens (tertiary/aromatic N) is 2. The maximum Gasteiger partial charge on any atom is 0.243 e. The molecule has 25 heavy (non-hydrogen) atoms. The van der Waals surface area contributed by atoms with E-state index >= 15 is 0 Å². The number of fused-ring (bicyclic) bond motifs is 1. The smallest absolute Gasteiger partial charge is 0.243 e. The highest BCUT2D eigenvalue weighted by atomic mass is 32.2. The Kier molecular flexibility index (Phi) is 5.75. The van der Waals surface area contributed by atoms with E-state index < -0.39 is 10.0 Å². The zero-order valence-electron chi connectivity index (χ0n) is 14.9. The van der Waals surface area contributed by atoms with Crippen molar-refractivity contribution in [3.05, 3.63) is 29.3 Å². The number of carbonyl (C=O) groups excluding carboxylic acids is 1. The Morgan fingerprint density at radius 2 is 1.92 bits per heavy atom. The summed E-state index contributed by atoms with van der Waals surface area (Å²) in [6.07, 6.45) is 2.65. The van der Waals surface area contributed by atoms with Crippen LogP contribution >= 0.6 is 11.8 Å². The highest BCUT2D eigenvalue weighted by Gasteiger charge is 2.29. The molecule has 2 aliphatic rings. The van der Waals surface area contributed by atoms with Gasteiger partial charge in [0.15, 0.2) is 0 Å². The van der Waals surface area contributed by atoms with Gasteiger partial charge in [-0.15, -0.1) is 11.8 Å². The fourth-order valence-corrected chi connectivity index (χ4v) is 5.90. The maximum absolute atomic E-state index is 12.8. The second kappa shape index (κ2) is 7.68. The summed E-state index contributed by atoms with van der Waals surface area (Å²) < 4.78 is 27.1. The Hall–Kier alpha value is -1.05. The molecule has 0 unspecified atom stereocenters. The number of carbonyl (C=O) groups is 1. The predicted octanol–water partition coefficient (Wildman–Crippen LogP) is 2.50. The number of benzene rings is 1. The summed E-state index contributed by atoms with van der Waals surface area (Å²) in [5.74, 6) is 1.06. The van der Waals surface area contributed by atoms with E-state index in [9.17, 15) is 13.2 Å². The van der Waals surface area contributed by atoms with Crippen LogP contribution in [0.2, 0.25) is 0 Å². The van der Waals surface area contributed by atoms with Crippen molar-refractivity contribution in [2.75, 3.05) is 25.4 Å². The van der Waals surface area contributed by atoms with Crippen molar-refractivity contribution in [2.24, 2.45) is 0 Å². The molecule has 1 atom stereocenters. The van der Waals surface area contributed by atoms with E-state index in [2.05, 4.69) is 6.92 Å². The Morgan fingerprint density at radius 1 is 1.20 bits per heavy atom. The third-order valence-corrected chi connectivity index (χ3v) is 7.90. The molecule has 0 spiro atoms. The molecule has 138 valence electrons. The van der Waals surface area contributed by atoms with Crippen LogP contribution in [0.5, 0.6) is 0 Å². The molecule has 2 heterocycles. The highest BCUT2D eigenvalue weighted by Crippen LogP contribution is 2.27.